The zero-order valence-corrected chi connectivity index (χ0v) is 17.7. The van der Waals surface area contributed by atoms with Crippen molar-refractivity contribution in [1.29, 1.82) is 0 Å². The van der Waals surface area contributed by atoms with Crippen LogP contribution in [0.2, 0.25) is 0 Å². The van der Waals surface area contributed by atoms with Gasteiger partial charge in [0.05, 0.1) is 37.4 Å². The second kappa shape index (κ2) is 7.40. The number of hydrogen-bond acceptors (Lipinski definition) is 5. The van der Waals surface area contributed by atoms with Crippen LogP contribution in [0.1, 0.15) is 27.9 Å². The molecule has 7 heteroatoms. The standard InChI is InChI=1S/C22H18BrNO5/c1-4-29-22(26)15-9-14-17(27-2)10-18(28-3)20-19(12-5-7-13(23)8-6-12)16(11-25)24(15)21(14)20/h5-11H,4H2,1-3H3. The van der Waals surface area contributed by atoms with Gasteiger partial charge >= 0.3 is 5.97 Å². The molecule has 2 heterocycles. The first-order chi connectivity index (χ1) is 14.0. The number of ether oxygens (including phenoxy) is 3. The van der Waals surface area contributed by atoms with Gasteiger partial charge in [-0.3, -0.25) is 9.20 Å². The van der Waals surface area contributed by atoms with Crippen molar-refractivity contribution in [2.75, 3.05) is 20.8 Å². The van der Waals surface area contributed by atoms with Gasteiger partial charge in [-0.15, -0.1) is 0 Å². The fraction of sp³-hybridized carbons (Fsp3) is 0.182. The molecule has 0 spiro atoms. The van der Waals surface area contributed by atoms with Gasteiger partial charge in [-0.25, -0.2) is 4.79 Å². The quantitative estimate of drug-likeness (QED) is 0.303. The summed E-state index contributed by atoms with van der Waals surface area (Å²) in [6, 6.07) is 11.1. The molecule has 0 radical (unpaired) electrons. The van der Waals surface area contributed by atoms with E-state index in [9.17, 15) is 9.59 Å². The number of carbonyl (C=O) groups is 2. The molecule has 0 aliphatic heterocycles. The lowest BCUT2D eigenvalue weighted by atomic mass is 10.00. The van der Waals surface area contributed by atoms with Gasteiger partial charge in [0.2, 0.25) is 0 Å². The summed E-state index contributed by atoms with van der Waals surface area (Å²) in [4.78, 5) is 24.9. The molecule has 0 saturated heterocycles. The minimum Gasteiger partial charge on any atom is -0.496 e. The van der Waals surface area contributed by atoms with E-state index in [-0.39, 0.29) is 12.3 Å². The lowest BCUT2D eigenvalue weighted by Crippen LogP contribution is -2.09. The summed E-state index contributed by atoms with van der Waals surface area (Å²) in [6.07, 6.45) is 0.755. The number of aromatic nitrogens is 1. The molecule has 0 N–H and O–H groups in total. The van der Waals surface area contributed by atoms with Crippen molar-refractivity contribution >= 4 is 44.5 Å². The zero-order valence-electron chi connectivity index (χ0n) is 16.1. The van der Waals surface area contributed by atoms with Crippen LogP contribution in [-0.2, 0) is 4.74 Å². The van der Waals surface area contributed by atoms with E-state index in [1.54, 1.807) is 37.7 Å². The monoisotopic (exact) mass is 455 g/mol. The van der Waals surface area contributed by atoms with Crippen LogP contribution in [0.5, 0.6) is 11.5 Å². The highest BCUT2D eigenvalue weighted by Crippen LogP contribution is 2.47. The maximum atomic E-state index is 12.7. The highest BCUT2D eigenvalue weighted by molar-refractivity contribution is 9.10. The van der Waals surface area contributed by atoms with Crippen molar-refractivity contribution in [1.82, 2.24) is 4.40 Å². The van der Waals surface area contributed by atoms with Crippen molar-refractivity contribution < 1.29 is 23.8 Å². The Labute approximate surface area is 175 Å². The number of rotatable bonds is 6. The average molecular weight is 456 g/mol. The van der Waals surface area contributed by atoms with Gasteiger partial charge in [0.15, 0.2) is 6.29 Å². The molecular weight excluding hydrogens is 438 g/mol. The maximum absolute atomic E-state index is 12.7. The molecule has 2 aromatic heterocycles. The van der Waals surface area contributed by atoms with E-state index in [1.165, 1.54) is 0 Å². The van der Waals surface area contributed by atoms with Gasteiger partial charge in [-0.05, 0) is 30.7 Å². The fourth-order valence-corrected chi connectivity index (χ4v) is 4.03. The van der Waals surface area contributed by atoms with Crippen molar-refractivity contribution in [2.45, 2.75) is 6.92 Å². The van der Waals surface area contributed by atoms with Gasteiger partial charge in [0.25, 0.3) is 0 Å². The summed E-state index contributed by atoms with van der Waals surface area (Å²) in [7, 11) is 3.12. The average Bonchev–Trinajstić information content (AvgIpc) is 3.28. The van der Waals surface area contributed by atoms with Crippen LogP contribution in [0, 0.1) is 0 Å². The normalized spacial score (nSPS) is 11.2. The highest BCUT2D eigenvalue weighted by atomic mass is 79.9. The third-order valence-corrected chi connectivity index (χ3v) is 5.46. The Balaban J connectivity index is 2.21. The third kappa shape index (κ3) is 2.84. The van der Waals surface area contributed by atoms with E-state index in [0.717, 1.165) is 21.7 Å². The van der Waals surface area contributed by atoms with E-state index >= 15 is 0 Å². The molecule has 0 saturated carbocycles. The van der Waals surface area contributed by atoms with Crippen molar-refractivity contribution in [3.63, 3.8) is 0 Å². The van der Waals surface area contributed by atoms with Crippen LogP contribution < -0.4 is 9.47 Å². The Bertz CT molecular complexity index is 1230. The predicted octanol–water partition coefficient (Wildman–Crippen LogP) is 4.97. The third-order valence-electron chi connectivity index (χ3n) is 4.93. The van der Waals surface area contributed by atoms with Crippen molar-refractivity contribution in [2.24, 2.45) is 0 Å². The number of nitrogens with zero attached hydrogens (tertiary/aromatic N) is 1. The minimum atomic E-state index is -0.507. The van der Waals surface area contributed by atoms with Crippen LogP contribution >= 0.6 is 15.9 Å². The molecule has 0 aliphatic rings. The van der Waals surface area contributed by atoms with Crippen LogP contribution in [0.25, 0.3) is 27.4 Å². The Morgan fingerprint density at radius 2 is 1.79 bits per heavy atom. The molecule has 0 aliphatic carbocycles. The molecule has 148 valence electrons. The smallest absolute Gasteiger partial charge is 0.355 e. The molecule has 4 rings (SSSR count). The van der Waals surface area contributed by atoms with Crippen molar-refractivity contribution in [3.05, 3.63) is 52.3 Å². The van der Waals surface area contributed by atoms with E-state index < -0.39 is 5.97 Å². The first-order valence-electron chi connectivity index (χ1n) is 8.99. The molecule has 6 nitrogen and oxygen atoms in total. The van der Waals surface area contributed by atoms with E-state index in [2.05, 4.69) is 15.9 Å². The Kier molecular flexibility index (Phi) is 4.92. The Morgan fingerprint density at radius 3 is 2.38 bits per heavy atom. The number of methoxy groups -OCH3 is 2. The lowest BCUT2D eigenvalue weighted by Gasteiger charge is -2.10. The summed E-state index contributed by atoms with van der Waals surface area (Å²) >= 11 is 3.44. The van der Waals surface area contributed by atoms with Crippen molar-refractivity contribution in [3.8, 4) is 22.6 Å². The van der Waals surface area contributed by atoms with Gasteiger partial charge in [-0.1, -0.05) is 28.1 Å². The van der Waals surface area contributed by atoms with E-state index in [1.807, 2.05) is 24.3 Å². The molecule has 0 fully saturated rings. The molecule has 0 bridgehead atoms. The summed E-state index contributed by atoms with van der Waals surface area (Å²) in [5.41, 5.74) is 2.83. The summed E-state index contributed by atoms with van der Waals surface area (Å²) in [5.74, 6) is 0.596. The molecule has 2 aromatic carbocycles. The van der Waals surface area contributed by atoms with Crippen LogP contribution in [0.4, 0.5) is 0 Å². The van der Waals surface area contributed by atoms with Gasteiger partial charge in [-0.2, -0.15) is 0 Å². The second-order valence-electron chi connectivity index (χ2n) is 6.39. The number of halogens is 1. The molecule has 29 heavy (non-hydrogen) atoms. The van der Waals surface area contributed by atoms with E-state index in [4.69, 9.17) is 14.2 Å². The molecule has 0 amide bonds. The first-order valence-corrected chi connectivity index (χ1v) is 9.78. The minimum absolute atomic E-state index is 0.230. The first kappa shape index (κ1) is 19.3. The van der Waals surface area contributed by atoms with Crippen LogP contribution in [-0.4, -0.2) is 37.5 Å². The number of esters is 1. The summed E-state index contributed by atoms with van der Waals surface area (Å²) in [5, 5.41) is 1.45. The van der Waals surface area contributed by atoms with Gasteiger partial charge < -0.3 is 14.2 Å². The topological polar surface area (TPSA) is 66.2 Å². The largest absolute Gasteiger partial charge is 0.496 e. The Morgan fingerprint density at radius 1 is 1.10 bits per heavy atom. The second-order valence-corrected chi connectivity index (χ2v) is 7.30. The number of benzene rings is 2. The molecular formula is C22H18BrNO5. The lowest BCUT2D eigenvalue weighted by molar-refractivity contribution is 0.0518. The molecule has 0 unspecified atom stereocenters. The maximum Gasteiger partial charge on any atom is 0.355 e. The number of hydrogen-bond donors (Lipinski definition) is 0. The fourth-order valence-electron chi connectivity index (χ4n) is 3.77. The zero-order chi connectivity index (χ0) is 20.7. The van der Waals surface area contributed by atoms with E-state index in [0.29, 0.717) is 33.7 Å². The van der Waals surface area contributed by atoms with Gasteiger partial charge in [0.1, 0.15) is 17.2 Å². The highest BCUT2D eigenvalue weighted by Gasteiger charge is 2.29. The SMILES string of the molecule is CCOC(=O)c1cc2c(OC)cc(OC)c3c(-c4ccc(Br)cc4)c(C=O)n1c23. The van der Waals surface area contributed by atoms with Gasteiger partial charge in [0, 0.05) is 21.5 Å². The molecule has 4 aromatic rings. The summed E-state index contributed by atoms with van der Waals surface area (Å²) < 4.78 is 19.0. The Hall–Kier alpha value is -3.06. The molecule has 0 atom stereocenters. The van der Waals surface area contributed by atoms with Crippen LogP contribution in [0.3, 0.4) is 0 Å². The van der Waals surface area contributed by atoms with Crippen LogP contribution in [0.15, 0.2) is 40.9 Å². The summed E-state index contributed by atoms with van der Waals surface area (Å²) in [6.45, 7) is 1.97. The number of carbonyl (C=O) groups excluding carboxylic acids is 2. The number of aldehydes is 1. The predicted molar refractivity (Wildman–Crippen MR) is 114 cm³/mol.